The molecule has 0 heterocycles. The summed E-state index contributed by atoms with van der Waals surface area (Å²) in [6.45, 7) is 0. The van der Waals surface area contributed by atoms with Gasteiger partial charge in [-0.1, -0.05) is 6.07 Å². The minimum absolute atomic E-state index is 0.192. The van der Waals surface area contributed by atoms with E-state index < -0.39 is 0 Å². The van der Waals surface area contributed by atoms with Crippen molar-refractivity contribution in [3.8, 4) is 0 Å². The minimum atomic E-state index is -0.300. The molecule has 0 radical (unpaired) electrons. The number of hydrogen-bond acceptors (Lipinski definition) is 3. The Morgan fingerprint density at radius 1 is 1.38 bits per heavy atom. The van der Waals surface area contributed by atoms with Crippen LogP contribution in [0.5, 0.6) is 0 Å². The maximum absolute atomic E-state index is 11.1. The number of nitro groups is 1. The lowest BCUT2D eigenvalue weighted by Crippen LogP contribution is -2.04. The number of aryl methyl sites for hydroxylation is 1. The molecule has 0 unspecified atom stereocenters. The van der Waals surface area contributed by atoms with Gasteiger partial charge in [-0.2, -0.15) is 0 Å². The normalized spacial score (nSPS) is 18.5. The Morgan fingerprint density at radius 3 is 2.75 bits per heavy atom. The maximum Gasteiger partial charge on any atom is 0.295 e. The van der Waals surface area contributed by atoms with E-state index in [0.717, 1.165) is 48.8 Å². The van der Waals surface area contributed by atoms with Gasteiger partial charge in [0.25, 0.3) is 5.69 Å². The zero-order valence-corrected chi connectivity index (χ0v) is 9.03. The predicted octanol–water partition coefficient (Wildman–Crippen LogP) is 2.54. The van der Waals surface area contributed by atoms with Gasteiger partial charge < -0.3 is 5.73 Å². The molecule has 0 amide bonds. The van der Waals surface area contributed by atoms with Gasteiger partial charge in [-0.15, -0.1) is 0 Å². The quantitative estimate of drug-likeness (QED) is 0.471. The smallest absolute Gasteiger partial charge is 0.295 e. The van der Waals surface area contributed by atoms with Crippen molar-refractivity contribution in [3.63, 3.8) is 0 Å². The number of rotatable bonds is 2. The number of fused-ring (bicyclic) bond motifs is 1. The molecule has 1 saturated carbocycles. The summed E-state index contributed by atoms with van der Waals surface area (Å²) in [4.78, 5) is 10.8. The van der Waals surface area contributed by atoms with E-state index in [4.69, 9.17) is 5.73 Å². The van der Waals surface area contributed by atoms with Crippen LogP contribution in [0.3, 0.4) is 0 Å². The Labute approximate surface area is 93.6 Å². The Hall–Kier alpha value is -1.58. The predicted molar refractivity (Wildman–Crippen MR) is 61.5 cm³/mol. The van der Waals surface area contributed by atoms with Crippen molar-refractivity contribution >= 4 is 11.4 Å². The molecule has 84 valence electrons. The van der Waals surface area contributed by atoms with E-state index in [9.17, 15) is 10.1 Å². The maximum atomic E-state index is 11.1. The Balaban J connectivity index is 2.23. The Morgan fingerprint density at radius 2 is 2.12 bits per heavy atom. The Bertz CT molecular complexity index is 478. The molecule has 16 heavy (non-hydrogen) atoms. The van der Waals surface area contributed by atoms with Gasteiger partial charge in [0.1, 0.15) is 5.69 Å². The molecule has 0 atom stereocenters. The molecule has 1 aromatic rings. The molecular weight excluding hydrogens is 204 g/mol. The highest BCUT2D eigenvalue weighted by Crippen LogP contribution is 2.48. The zero-order chi connectivity index (χ0) is 11.3. The summed E-state index contributed by atoms with van der Waals surface area (Å²) in [5.74, 6) is 0.476. The fourth-order valence-corrected chi connectivity index (χ4v) is 2.70. The zero-order valence-electron chi connectivity index (χ0n) is 9.03. The van der Waals surface area contributed by atoms with Gasteiger partial charge in [-0.05, 0) is 49.1 Å². The van der Waals surface area contributed by atoms with Gasteiger partial charge >= 0.3 is 0 Å². The van der Waals surface area contributed by atoms with Crippen LogP contribution < -0.4 is 5.73 Å². The van der Waals surface area contributed by atoms with Gasteiger partial charge in [-0.3, -0.25) is 10.1 Å². The molecule has 0 aliphatic heterocycles. The van der Waals surface area contributed by atoms with Gasteiger partial charge in [0.05, 0.1) is 4.92 Å². The second-order valence-electron chi connectivity index (χ2n) is 4.75. The average molecular weight is 218 g/mol. The molecule has 1 aromatic carbocycles. The summed E-state index contributed by atoms with van der Waals surface area (Å²) >= 11 is 0. The van der Waals surface area contributed by atoms with Crippen molar-refractivity contribution < 1.29 is 4.92 Å². The SMILES string of the molecule is Nc1c(C2CC2)cc2c(c1[N+](=O)[O-])CCC2. The highest BCUT2D eigenvalue weighted by molar-refractivity contribution is 5.71. The third kappa shape index (κ3) is 1.29. The Kier molecular flexibility index (Phi) is 1.93. The first-order valence-corrected chi connectivity index (χ1v) is 5.77. The number of nitrogens with zero attached hydrogens (tertiary/aromatic N) is 1. The fraction of sp³-hybridized carbons (Fsp3) is 0.500. The summed E-state index contributed by atoms with van der Waals surface area (Å²) in [6, 6.07) is 2.11. The topological polar surface area (TPSA) is 69.2 Å². The highest BCUT2D eigenvalue weighted by Gasteiger charge is 2.33. The van der Waals surface area contributed by atoms with E-state index in [0.29, 0.717) is 11.6 Å². The van der Waals surface area contributed by atoms with Gasteiger partial charge in [0.15, 0.2) is 0 Å². The van der Waals surface area contributed by atoms with E-state index in [1.807, 2.05) is 0 Å². The summed E-state index contributed by atoms with van der Waals surface area (Å²) in [5, 5.41) is 11.1. The fourth-order valence-electron chi connectivity index (χ4n) is 2.70. The van der Waals surface area contributed by atoms with E-state index in [-0.39, 0.29) is 10.6 Å². The molecule has 2 N–H and O–H groups in total. The van der Waals surface area contributed by atoms with Crippen molar-refractivity contribution in [1.29, 1.82) is 0 Å². The van der Waals surface area contributed by atoms with Crippen LogP contribution in [0.15, 0.2) is 6.07 Å². The number of nitrogens with two attached hydrogens (primary N) is 1. The lowest BCUT2D eigenvalue weighted by Gasteiger charge is -2.09. The number of hydrogen-bond donors (Lipinski definition) is 1. The molecule has 2 aliphatic carbocycles. The third-order valence-corrected chi connectivity index (χ3v) is 3.64. The third-order valence-electron chi connectivity index (χ3n) is 3.64. The van der Waals surface area contributed by atoms with Crippen molar-refractivity contribution in [2.45, 2.75) is 38.0 Å². The molecule has 4 nitrogen and oxygen atoms in total. The monoisotopic (exact) mass is 218 g/mol. The largest absolute Gasteiger partial charge is 0.393 e. The number of nitrogen functional groups attached to an aromatic ring is 1. The van der Waals surface area contributed by atoms with Gasteiger partial charge in [-0.25, -0.2) is 0 Å². The molecule has 2 aliphatic rings. The summed E-state index contributed by atoms with van der Waals surface area (Å²) in [7, 11) is 0. The lowest BCUT2D eigenvalue weighted by molar-refractivity contribution is -0.384. The van der Waals surface area contributed by atoms with Crippen molar-refractivity contribution in [2.24, 2.45) is 0 Å². The number of benzene rings is 1. The average Bonchev–Trinajstić information content (AvgIpc) is 2.96. The van der Waals surface area contributed by atoms with Crippen molar-refractivity contribution in [1.82, 2.24) is 0 Å². The molecule has 0 aromatic heterocycles. The van der Waals surface area contributed by atoms with Crippen LogP contribution in [0, 0.1) is 10.1 Å². The molecule has 3 rings (SSSR count). The van der Waals surface area contributed by atoms with Gasteiger partial charge in [0, 0.05) is 5.56 Å². The summed E-state index contributed by atoms with van der Waals surface area (Å²) in [5.41, 5.74) is 9.63. The van der Waals surface area contributed by atoms with E-state index >= 15 is 0 Å². The van der Waals surface area contributed by atoms with Crippen LogP contribution >= 0.6 is 0 Å². The second-order valence-corrected chi connectivity index (χ2v) is 4.75. The minimum Gasteiger partial charge on any atom is -0.393 e. The second kappa shape index (κ2) is 3.20. The number of nitro benzene ring substituents is 1. The van der Waals surface area contributed by atoms with Gasteiger partial charge in [0.2, 0.25) is 0 Å². The standard InChI is InChI=1S/C12H14N2O2/c13-11-10(7-4-5-7)6-8-2-1-3-9(8)12(11)14(15)16/h6-7H,1-5,13H2. The molecular formula is C12H14N2O2. The van der Waals surface area contributed by atoms with Crippen LogP contribution in [0.4, 0.5) is 11.4 Å². The molecule has 0 spiro atoms. The first-order valence-electron chi connectivity index (χ1n) is 5.77. The van der Waals surface area contributed by atoms with Crippen LogP contribution in [0.1, 0.15) is 41.9 Å². The molecule has 0 bridgehead atoms. The molecule has 4 heteroatoms. The first-order chi connectivity index (χ1) is 7.68. The molecule has 1 fully saturated rings. The van der Waals surface area contributed by atoms with Crippen molar-refractivity contribution in [2.75, 3.05) is 5.73 Å². The van der Waals surface area contributed by atoms with E-state index in [1.54, 1.807) is 0 Å². The highest BCUT2D eigenvalue weighted by atomic mass is 16.6. The van der Waals surface area contributed by atoms with Crippen LogP contribution in [0.25, 0.3) is 0 Å². The van der Waals surface area contributed by atoms with Crippen LogP contribution in [-0.2, 0) is 12.8 Å². The first kappa shape index (κ1) is 9.63. The van der Waals surface area contributed by atoms with E-state index in [1.165, 1.54) is 0 Å². The van der Waals surface area contributed by atoms with Crippen LogP contribution in [0.2, 0.25) is 0 Å². The molecule has 0 saturated heterocycles. The number of anilines is 1. The summed E-state index contributed by atoms with van der Waals surface area (Å²) < 4.78 is 0. The van der Waals surface area contributed by atoms with Crippen LogP contribution in [-0.4, -0.2) is 4.92 Å². The summed E-state index contributed by atoms with van der Waals surface area (Å²) in [6.07, 6.45) is 5.04. The lowest BCUT2D eigenvalue weighted by atomic mass is 9.99. The van der Waals surface area contributed by atoms with Crippen molar-refractivity contribution in [3.05, 3.63) is 32.9 Å². The van der Waals surface area contributed by atoms with E-state index in [2.05, 4.69) is 6.07 Å².